The van der Waals surface area contributed by atoms with Gasteiger partial charge in [0.1, 0.15) is 10.6 Å². The Morgan fingerprint density at radius 1 is 1.21 bits per heavy atom. The van der Waals surface area contributed by atoms with Crippen molar-refractivity contribution >= 4 is 50.8 Å². The molecule has 0 atom stereocenters. The Bertz CT molecular complexity index is 1060. The van der Waals surface area contributed by atoms with Gasteiger partial charge in [-0.15, -0.1) is 11.3 Å². The zero-order chi connectivity index (χ0) is 21.0. The summed E-state index contributed by atoms with van der Waals surface area (Å²) in [5.74, 6) is -0.260. The lowest BCUT2D eigenvalue weighted by Gasteiger charge is -2.21. The molecule has 0 saturated heterocycles. The molecular weight excluding hydrogens is 406 g/mol. The minimum Gasteiger partial charge on any atom is -0.507 e. The molecule has 0 spiro atoms. The Balaban J connectivity index is 1.74. The molecule has 29 heavy (non-hydrogen) atoms. The number of benzene rings is 2. The lowest BCUT2D eigenvalue weighted by molar-refractivity contribution is 0.0959. The van der Waals surface area contributed by atoms with Crippen LogP contribution in [0.2, 0.25) is 5.02 Å². The smallest absolute Gasteiger partial charge is 0.283 e. The van der Waals surface area contributed by atoms with Gasteiger partial charge >= 0.3 is 0 Å². The monoisotopic (exact) mass is 429 g/mol. The summed E-state index contributed by atoms with van der Waals surface area (Å²) in [7, 11) is 0. The number of phenols is 1. The van der Waals surface area contributed by atoms with Crippen molar-refractivity contribution in [3.63, 3.8) is 0 Å². The van der Waals surface area contributed by atoms with Crippen molar-refractivity contribution in [1.29, 1.82) is 0 Å². The highest BCUT2D eigenvalue weighted by atomic mass is 35.5. The molecule has 0 bridgehead atoms. The number of nitrogens with zero attached hydrogens (tertiary/aromatic N) is 2. The van der Waals surface area contributed by atoms with Gasteiger partial charge in [0, 0.05) is 40.5 Å². The molecule has 152 valence electrons. The predicted octanol–water partition coefficient (Wildman–Crippen LogP) is 5.43. The molecule has 0 aliphatic carbocycles. The Labute approximate surface area is 179 Å². The predicted molar refractivity (Wildman–Crippen MR) is 123 cm³/mol. The van der Waals surface area contributed by atoms with Gasteiger partial charge in [-0.25, -0.2) is 5.43 Å². The highest BCUT2D eigenvalue weighted by Crippen LogP contribution is 2.36. The number of hydrogen-bond donors (Lipinski definition) is 2. The molecule has 2 aromatic carbocycles. The molecule has 2 N–H and O–H groups in total. The van der Waals surface area contributed by atoms with Crippen molar-refractivity contribution in [2.75, 3.05) is 18.0 Å². The molecule has 1 heterocycles. The molecule has 5 nitrogen and oxygen atoms in total. The Morgan fingerprint density at radius 2 is 1.97 bits per heavy atom. The number of thiophene rings is 1. The first-order valence-corrected chi connectivity index (χ1v) is 10.8. The molecule has 1 amide bonds. The summed E-state index contributed by atoms with van der Waals surface area (Å²) in [5.41, 5.74) is 5.16. The van der Waals surface area contributed by atoms with Crippen LogP contribution >= 0.6 is 22.9 Å². The molecule has 0 radical (unpaired) electrons. The zero-order valence-electron chi connectivity index (χ0n) is 16.7. The number of fused-ring (bicyclic) bond motifs is 1. The van der Waals surface area contributed by atoms with Crippen LogP contribution in [0.3, 0.4) is 0 Å². The third-order valence-corrected chi connectivity index (χ3v) is 6.48. The molecule has 0 unspecified atom stereocenters. The molecule has 0 aliphatic rings. The third kappa shape index (κ3) is 4.54. The van der Waals surface area contributed by atoms with E-state index in [-0.39, 0.29) is 11.7 Å². The molecule has 0 fully saturated rings. The minimum atomic E-state index is -0.371. The van der Waals surface area contributed by atoms with Gasteiger partial charge in [-0.1, -0.05) is 30.7 Å². The summed E-state index contributed by atoms with van der Waals surface area (Å²) in [6, 6.07) is 11.4. The first-order chi connectivity index (χ1) is 14.0. The molecule has 3 rings (SSSR count). The lowest BCUT2D eigenvalue weighted by Crippen LogP contribution is -2.21. The number of aromatic hydroxyl groups is 1. The van der Waals surface area contributed by atoms with E-state index in [0.717, 1.165) is 35.3 Å². The summed E-state index contributed by atoms with van der Waals surface area (Å²) in [6.07, 6.45) is 2.35. The fourth-order valence-electron chi connectivity index (χ4n) is 3.11. The van der Waals surface area contributed by atoms with Gasteiger partial charge in [-0.05, 0) is 44.0 Å². The van der Waals surface area contributed by atoms with Crippen LogP contribution in [0.5, 0.6) is 5.75 Å². The second-order valence-electron chi connectivity index (χ2n) is 6.54. The number of halogens is 1. The van der Waals surface area contributed by atoms with Crippen molar-refractivity contribution in [2.24, 2.45) is 5.10 Å². The van der Waals surface area contributed by atoms with Gasteiger partial charge in [0.25, 0.3) is 5.91 Å². The third-order valence-electron chi connectivity index (χ3n) is 4.82. The number of hydrazone groups is 1. The van der Waals surface area contributed by atoms with Gasteiger partial charge < -0.3 is 10.0 Å². The molecule has 0 aliphatic heterocycles. The van der Waals surface area contributed by atoms with Gasteiger partial charge in [-0.3, -0.25) is 4.79 Å². The second kappa shape index (κ2) is 9.29. The molecular formula is C22H24ClN3O2S. The van der Waals surface area contributed by atoms with Crippen molar-refractivity contribution in [1.82, 2.24) is 5.43 Å². The topological polar surface area (TPSA) is 64.9 Å². The van der Waals surface area contributed by atoms with Crippen LogP contribution in [0.4, 0.5) is 5.69 Å². The van der Waals surface area contributed by atoms with E-state index in [1.165, 1.54) is 23.1 Å². The summed E-state index contributed by atoms with van der Waals surface area (Å²) in [4.78, 5) is 15.1. The number of carbonyl (C=O) groups is 1. The summed E-state index contributed by atoms with van der Waals surface area (Å²) in [5, 5.41) is 15.5. The van der Waals surface area contributed by atoms with Crippen LogP contribution in [0, 0.1) is 0 Å². The highest BCUT2D eigenvalue weighted by Gasteiger charge is 2.17. The number of amides is 1. The highest BCUT2D eigenvalue weighted by molar-refractivity contribution is 7.21. The number of hydrogen-bond acceptors (Lipinski definition) is 5. The lowest BCUT2D eigenvalue weighted by atomic mass is 10.1. The maximum Gasteiger partial charge on any atom is 0.283 e. The van der Waals surface area contributed by atoms with Crippen LogP contribution in [-0.2, 0) is 6.42 Å². The number of phenolic OH excluding ortho intramolecular Hbond substituents is 1. The van der Waals surface area contributed by atoms with E-state index >= 15 is 0 Å². The maximum absolute atomic E-state index is 12.5. The van der Waals surface area contributed by atoms with E-state index < -0.39 is 0 Å². The van der Waals surface area contributed by atoms with Crippen molar-refractivity contribution < 1.29 is 9.90 Å². The maximum atomic E-state index is 12.5. The van der Waals surface area contributed by atoms with Crippen LogP contribution in [0.15, 0.2) is 41.5 Å². The summed E-state index contributed by atoms with van der Waals surface area (Å²) >= 11 is 7.74. The normalized spacial score (nSPS) is 11.3. The number of rotatable bonds is 7. The summed E-state index contributed by atoms with van der Waals surface area (Å²) < 4.78 is 0.980. The Morgan fingerprint density at radius 3 is 2.62 bits per heavy atom. The summed E-state index contributed by atoms with van der Waals surface area (Å²) in [6.45, 7) is 7.92. The standard InChI is InChI=1S/C22H24ClN3O2S/c1-4-14-7-10-17-19(11-14)29-21(20(17)23)22(28)25-24-13-15-8-9-16(12-18(15)27)26(5-2)6-3/h7-13,27H,4-6H2,1-3H3,(H,25,28)/b24-13+. The van der Waals surface area contributed by atoms with Gasteiger partial charge in [0.05, 0.1) is 11.2 Å². The molecule has 7 heteroatoms. The van der Waals surface area contributed by atoms with E-state index in [1.807, 2.05) is 18.2 Å². The van der Waals surface area contributed by atoms with Crippen LogP contribution < -0.4 is 10.3 Å². The van der Waals surface area contributed by atoms with E-state index in [4.69, 9.17) is 11.6 Å². The number of nitrogens with one attached hydrogen (secondary N) is 1. The SMILES string of the molecule is CCc1ccc2c(Cl)c(C(=O)N/N=C/c3ccc(N(CC)CC)cc3O)sc2c1. The van der Waals surface area contributed by atoms with E-state index in [0.29, 0.717) is 15.5 Å². The molecule has 3 aromatic rings. The van der Waals surface area contributed by atoms with Crippen LogP contribution in [0.1, 0.15) is 41.6 Å². The number of aryl methyl sites for hydroxylation is 1. The van der Waals surface area contributed by atoms with Gasteiger partial charge in [0.15, 0.2) is 0 Å². The van der Waals surface area contributed by atoms with Gasteiger partial charge in [0.2, 0.25) is 0 Å². The first-order valence-electron chi connectivity index (χ1n) is 9.60. The largest absolute Gasteiger partial charge is 0.507 e. The number of carbonyl (C=O) groups excluding carboxylic acids is 1. The van der Waals surface area contributed by atoms with E-state index in [1.54, 1.807) is 12.1 Å². The first kappa shape index (κ1) is 21.1. The van der Waals surface area contributed by atoms with Crippen molar-refractivity contribution in [3.05, 3.63) is 57.4 Å². The van der Waals surface area contributed by atoms with Crippen molar-refractivity contribution in [3.8, 4) is 5.75 Å². The molecule has 0 saturated carbocycles. The Hall–Kier alpha value is -2.57. The quantitative estimate of drug-likeness (QED) is 0.388. The van der Waals surface area contributed by atoms with Crippen LogP contribution in [-0.4, -0.2) is 30.3 Å². The fraction of sp³-hybridized carbons (Fsp3) is 0.273. The average molecular weight is 430 g/mol. The van der Waals surface area contributed by atoms with E-state index in [9.17, 15) is 9.90 Å². The number of anilines is 1. The average Bonchev–Trinajstić information content (AvgIpc) is 3.06. The second-order valence-corrected chi connectivity index (χ2v) is 7.97. The fourth-order valence-corrected chi connectivity index (χ4v) is 4.58. The zero-order valence-corrected chi connectivity index (χ0v) is 18.3. The van der Waals surface area contributed by atoms with Gasteiger partial charge in [-0.2, -0.15) is 5.10 Å². The van der Waals surface area contributed by atoms with Crippen LogP contribution in [0.25, 0.3) is 10.1 Å². The minimum absolute atomic E-state index is 0.111. The van der Waals surface area contributed by atoms with E-state index in [2.05, 4.69) is 42.3 Å². The Kier molecular flexibility index (Phi) is 6.77. The molecule has 1 aromatic heterocycles. The van der Waals surface area contributed by atoms with Crippen molar-refractivity contribution in [2.45, 2.75) is 27.2 Å².